The van der Waals surface area contributed by atoms with Crippen molar-refractivity contribution in [3.05, 3.63) is 60.2 Å². The molecule has 1 saturated heterocycles. The molecule has 1 N–H and O–H groups in total. The molecule has 2 aromatic carbocycles. The molecule has 31 heavy (non-hydrogen) atoms. The molecule has 3 rings (SSSR count). The van der Waals surface area contributed by atoms with Gasteiger partial charge in [-0.15, -0.1) is 0 Å². The van der Waals surface area contributed by atoms with Crippen molar-refractivity contribution >= 4 is 21.9 Å². The lowest BCUT2D eigenvalue weighted by molar-refractivity contribution is -0.150. The number of para-hydroxylation sites is 1. The first kappa shape index (κ1) is 22.6. The standard InChI is InChI=1S/C20H20F2N2O6S/c1-29-20(26)17-10-14(30-18-8-3-2-7-16(18)22)12-24(17)19(25)11-23-31(27,28)15-6-4-5-13(21)9-15/h2-9,14,17,23H,10-12H2,1H3. The fraction of sp³-hybridized carbons (Fsp3) is 0.300. The molecule has 1 amide bonds. The molecule has 0 radical (unpaired) electrons. The number of rotatable bonds is 7. The Morgan fingerprint density at radius 3 is 2.58 bits per heavy atom. The van der Waals surface area contributed by atoms with Crippen LogP contribution in [0, 0.1) is 11.6 Å². The van der Waals surface area contributed by atoms with Crippen molar-refractivity contribution in [1.82, 2.24) is 9.62 Å². The molecule has 1 aliphatic heterocycles. The van der Waals surface area contributed by atoms with Gasteiger partial charge in [-0.25, -0.2) is 26.7 Å². The van der Waals surface area contributed by atoms with Crippen LogP contribution in [0.15, 0.2) is 53.4 Å². The number of carbonyl (C=O) groups is 2. The number of likely N-dealkylation sites (tertiary alicyclic amines) is 1. The summed E-state index contributed by atoms with van der Waals surface area (Å²) in [6.45, 7) is -0.743. The monoisotopic (exact) mass is 454 g/mol. The third-order valence-corrected chi connectivity index (χ3v) is 6.11. The molecule has 1 aliphatic rings. The van der Waals surface area contributed by atoms with E-state index in [2.05, 4.69) is 4.72 Å². The van der Waals surface area contributed by atoms with E-state index < -0.39 is 52.2 Å². The van der Waals surface area contributed by atoms with E-state index in [0.717, 1.165) is 24.1 Å². The van der Waals surface area contributed by atoms with Gasteiger partial charge >= 0.3 is 5.97 Å². The highest BCUT2D eigenvalue weighted by Gasteiger charge is 2.41. The summed E-state index contributed by atoms with van der Waals surface area (Å²) >= 11 is 0. The van der Waals surface area contributed by atoms with Crippen molar-refractivity contribution in [3.63, 3.8) is 0 Å². The largest absolute Gasteiger partial charge is 0.485 e. The van der Waals surface area contributed by atoms with E-state index in [0.29, 0.717) is 0 Å². The van der Waals surface area contributed by atoms with E-state index in [1.165, 1.54) is 30.3 Å². The van der Waals surface area contributed by atoms with Gasteiger partial charge in [0.05, 0.1) is 25.1 Å². The Kier molecular flexibility index (Phi) is 6.86. The van der Waals surface area contributed by atoms with Crippen LogP contribution in [0.5, 0.6) is 5.75 Å². The second-order valence-corrected chi connectivity index (χ2v) is 8.54. The summed E-state index contributed by atoms with van der Waals surface area (Å²) in [4.78, 5) is 25.6. The summed E-state index contributed by atoms with van der Waals surface area (Å²) in [6, 6.07) is 9.00. The number of carbonyl (C=O) groups excluding carboxylic acids is 2. The highest BCUT2D eigenvalue weighted by molar-refractivity contribution is 7.89. The number of benzene rings is 2. The number of amides is 1. The molecule has 166 valence electrons. The van der Waals surface area contributed by atoms with Gasteiger partial charge in [0.2, 0.25) is 15.9 Å². The van der Waals surface area contributed by atoms with E-state index >= 15 is 0 Å². The molecule has 0 spiro atoms. The van der Waals surface area contributed by atoms with Gasteiger partial charge < -0.3 is 14.4 Å². The third kappa shape index (κ3) is 5.36. The summed E-state index contributed by atoms with van der Waals surface area (Å²) in [6.07, 6.45) is -0.659. The number of nitrogens with one attached hydrogen (secondary N) is 1. The van der Waals surface area contributed by atoms with Crippen molar-refractivity contribution in [3.8, 4) is 5.75 Å². The maximum Gasteiger partial charge on any atom is 0.328 e. The van der Waals surface area contributed by atoms with Crippen LogP contribution >= 0.6 is 0 Å². The van der Waals surface area contributed by atoms with Crippen molar-refractivity contribution in [2.45, 2.75) is 23.5 Å². The lowest BCUT2D eigenvalue weighted by Crippen LogP contribution is -2.46. The quantitative estimate of drug-likeness (QED) is 0.636. The molecule has 2 atom stereocenters. The number of hydrogen-bond donors (Lipinski definition) is 1. The minimum Gasteiger partial charge on any atom is -0.485 e. The Morgan fingerprint density at radius 2 is 1.90 bits per heavy atom. The van der Waals surface area contributed by atoms with Gasteiger partial charge in [0.1, 0.15) is 18.0 Å². The maximum atomic E-state index is 13.9. The first-order chi connectivity index (χ1) is 14.7. The normalized spacial score (nSPS) is 18.6. The van der Waals surface area contributed by atoms with Crippen molar-refractivity contribution in [2.75, 3.05) is 20.2 Å². The Hall–Kier alpha value is -3.05. The van der Waals surface area contributed by atoms with Crippen LogP contribution in [0.3, 0.4) is 0 Å². The van der Waals surface area contributed by atoms with Crippen LogP contribution in [0.4, 0.5) is 8.78 Å². The van der Waals surface area contributed by atoms with E-state index in [1.54, 1.807) is 6.07 Å². The van der Waals surface area contributed by atoms with Crippen LogP contribution in [0.25, 0.3) is 0 Å². The van der Waals surface area contributed by atoms with Gasteiger partial charge in [-0.2, -0.15) is 0 Å². The van der Waals surface area contributed by atoms with Crippen LogP contribution in [0.1, 0.15) is 6.42 Å². The second-order valence-electron chi connectivity index (χ2n) is 6.77. The zero-order valence-corrected chi connectivity index (χ0v) is 17.3. The van der Waals surface area contributed by atoms with Crippen LogP contribution in [-0.2, 0) is 24.3 Å². The fourth-order valence-corrected chi connectivity index (χ4v) is 4.22. The average molecular weight is 454 g/mol. The number of esters is 1. The van der Waals surface area contributed by atoms with E-state index in [4.69, 9.17) is 9.47 Å². The van der Waals surface area contributed by atoms with E-state index in [9.17, 15) is 26.8 Å². The molecule has 0 saturated carbocycles. The summed E-state index contributed by atoms with van der Waals surface area (Å²) in [5.74, 6) is -2.79. The Balaban J connectivity index is 1.70. The molecular formula is C20H20F2N2O6S. The summed E-state index contributed by atoms with van der Waals surface area (Å²) < 4.78 is 64.2. The summed E-state index contributed by atoms with van der Waals surface area (Å²) in [7, 11) is -3.00. The highest BCUT2D eigenvalue weighted by Crippen LogP contribution is 2.25. The second kappa shape index (κ2) is 9.40. The van der Waals surface area contributed by atoms with Crippen molar-refractivity contribution in [1.29, 1.82) is 0 Å². The van der Waals surface area contributed by atoms with Crippen molar-refractivity contribution in [2.24, 2.45) is 0 Å². The van der Waals surface area contributed by atoms with Crippen molar-refractivity contribution < 1.29 is 36.3 Å². The predicted octanol–water partition coefficient (Wildman–Crippen LogP) is 1.46. The first-order valence-electron chi connectivity index (χ1n) is 9.25. The molecule has 2 unspecified atom stereocenters. The SMILES string of the molecule is COC(=O)C1CC(Oc2ccccc2F)CN1C(=O)CNS(=O)(=O)c1cccc(F)c1. The zero-order chi connectivity index (χ0) is 22.6. The maximum absolute atomic E-state index is 13.9. The van der Waals surface area contributed by atoms with Crippen LogP contribution in [-0.4, -0.2) is 57.5 Å². The zero-order valence-electron chi connectivity index (χ0n) is 16.5. The molecule has 2 aromatic rings. The molecule has 8 nitrogen and oxygen atoms in total. The Bertz CT molecular complexity index is 1080. The average Bonchev–Trinajstić information content (AvgIpc) is 3.17. The Labute approximate surface area is 177 Å². The molecule has 0 aliphatic carbocycles. The first-order valence-corrected chi connectivity index (χ1v) is 10.7. The fourth-order valence-electron chi connectivity index (χ4n) is 3.21. The topological polar surface area (TPSA) is 102 Å². The number of ether oxygens (including phenoxy) is 2. The number of methoxy groups -OCH3 is 1. The molecule has 1 heterocycles. The minimum atomic E-state index is -4.15. The van der Waals surface area contributed by atoms with Gasteiger partial charge in [0.15, 0.2) is 11.6 Å². The van der Waals surface area contributed by atoms with Gasteiger partial charge in [0.25, 0.3) is 0 Å². The lowest BCUT2D eigenvalue weighted by atomic mass is 10.2. The van der Waals surface area contributed by atoms with Gasteiger partial charge in [-0.1, -0.05) is 18.2 Å². The number of nitrogens with zero attached hydrogens (tertiary/aromatic N) is 1. The van der Waals surface area contributed by atoms with E-state index in [-0.39, 0.29) is 23.6 Å². The lowest BCUT2D eigenvalue weighted by Gasteiger charge is -2.22. The smallest absolute Gasteiger partial charge is 0.328 e. The van der Waals surface area contributed by atoms with Crippen LogP contribution in [0.2, 0.25) is 0 Å². The van der Waals surface area contributed by atoms with Gasteiger partial charge in [-0.05, 0) is 30.3 Å². The van der Waals surface area contributed by atoms with Gasteiger partial charge in [0, 0.05) is 6.42 Å². The highest BCUT2D eigenvalue weighted by atomic mass is 32.2. The molecular weight excluding hydrogens is 434 g/mol. The number of sulfonamides is 1. The molecule has 0 aromatic heterocycles. The third-order valence-electron chi connectivity index (χ3n) is 4.71. The molecule has 11 heteroatoms. The van der Waals surface area contributed by atoms with Gasteiger partial charge in [-0.3, -0.25) is 4.79 Å². The number of halogens is 2. The predicted molar refractivity (Wildman–Crippen MR) is 105 cm³/mol. The minimum absolute atomic E-state index is 0.0304. The summed E-state index contributed by atoms with van der Waals surface area (Å²) in [5.41, 5.74) is 0. The van der Waals surface area contributed by atoms with E-state index in [1.807, 2.05) is 0 Å². The molecule has 0 bridgehead atoms. The summed E-state index contributed by atoms with van der Waals surface area (Å²) in [5, 5.41) is 0. The van der Waals surface area contributed by atoms with Crippen LogP contribution < -0.4 is 9.46 Å². The Morgan fingerprint density at radius 1 is 1.16 bits per heavy atom. The number of hydrogen-bond acceptors (Lipinski definition) is 6. The molecule has 1 fully saturated rings.